The molecule has 8 rings (SSSR count). The number of amides is 1. The highest BCUT2D eigenvalue weighted by Gasteiger charge is 2.41. The molecular weight excluding hydrogens is 566 g/mol. The summed E-state index contributed by atoms with van der Waals surface area (Å²) in [7, 11) is 0. The third-order valence-electron chi connectivity index (χ3n) is 8.22. The first-order valence-corrected chi connectivity index (χ1v) is 15.4. The molecule has 12 heteroatoms. The fourth-order valence-corrected chi connectivity index (χ4v) is 6.60. The molecule has 11 nitrogen and oxygen atoms in total. The van der Waals surface area contributed by atoms with Crippen LogP contribution in [0.4, 0.5) is 0 Å². The van der Waals surface area contributed by atoms with Gasteiger partial charge >= 0.3 is 5.69 Å². The van der Waals surface area contributed by atoms with Crippen LogP contribution in [0.1, 0.15) is 66.0 Å². The molecule has 0 bridgehead atoms. The highest BCUT2D eigenvalue weighted by atomic mass is 32.1. The summed E-state index contributed by atoms with van der Waals surface area (Å²) in [5, 5.41) is 15.0. The molecule has 1 N–H and O–H groups in total. The van der Waals surface area contributed by atoms with Gasteiger partial charge in [0.15, 0.2) is 5.82 Å². The van der Waals surface area contributed by atoms with Gasteiger partial charge in [-0.2, -0.15) is 4.98 Å². The van der Waals surface area contributed by atoms with E-state index < -0.39 is 0 Å². The molecule has 4 heterocycles. The van der Waals surface area contributed by atoms with Gasteiger partial charge in [0.25, 0.3) is 5.89 Å². The van der Waals surface area contributed by atoms with Crippen molar-refractivity contribution in [1.82, 2.24) is 34.8 Å². The zero-order valence-corrected chi connectivity index (χ0v) is 24.3. The summed E-state index contributed by atoms with van der Waals surface area (Å²) in [6.07, 6.45) is 6.73. The molecule has 2 aromatic carbocycles. The average molecular weight is 596 g/mol. The van der Waals surface area contributed by atoms with Crippen molar-refractivity contribution < 1.29 is 14.1 Å². The number of aryl methyl sites for hydroxylation is 1. The van der Waals surface area contributed by atoms with Crippen LogP contribution in [0.5, 0.6) is 11.5 Å². The summed E-state index contributed by atoms with van der Waals surface area (Å²) < 4.78 is 13.7. The summed E-state index contributed by atoms with van der Waals surface area (Å²) in [5.74, 6) is 2.77. The molecule has 0 radical (unpaired) electrons. The van der Waals surface area contributed by atoms with E-state index in [1.165, 1.54) is 12.8 Å². The Labute approximate surface area is 250 Å². The summed E-state index contributed by atoms with van der Waals surface area (Å²) in [6.45, 7) is 2.80. The van der Waals surface area contributed by atoms with Crippen molar-refractivity contribution in [3.8, 4) is 33.5 Å². The van der Waals surface area contributed by atoms with Crippen molar-refractivity contribution in [1.29, 1.82) is 0 Å². The normalized spacial score (nSPS) is 18.5. The molecule has 2 aliphatic carbocycles. The number of imidazole rings is 1. The fraction of sp³-hybridized carbons (Fsp3) is 0.355. The molecule has 1 unspecified atom stereocenters. The zero-order chi connectivity index (χ0) is 29.1. The number of nitrogens with zero attached hydrogens (tertiary/aromatic N) is 6. The minimum atomic E-state index is -0.188. The summed E-state index contributed by atoms with van der Waals surface area (Å²) in [5.41, 5.74) is 3.09. The number of benzene rings is 2. The van der Waals surface area contributed by atoms with Crippen LogP contribution in [-0.2, 0) is 11.3 Å². The third-order valence-corrected chi connectivity index (χ3v) is 9.35. The monoisotopic (exact) mass is 595 g/mol. The van der Waals surface area contributed by atoms with Gasteiger partial charge < -0.3 is 19.1 Å². The van der Waals surface area contributed by atoms with Crippen molar-refractivity contribution in [2.45, 2.75) is 63.5 Å². The van der Waals surface area contributed by atoms with Crippen molar-refractivity contribution in [3.63, 3.8) is 0 Å². The molecule has 3 aromatic heterocycles. The highest BCUT2D eigenvalue weighted by Crippen LogP contribution is 2.43. The van der Waals surface area contributed by atoms with Gasteiger partial charge in [-0.15, -0.1) is 10.2 Å². The Balaban J connectivity index is 1.07. The Morgan fingerprint density at radius 2 is 1.84 bits per heavy atom. The van der Waals surface area contributed by atoms with Crippen molar-refractivity contribution in [2.24, 2.45) is 0 Å². The average Bonchev–Trinajstić information content (AvgIpc) is 3.84. The minimum Gasteiger partial charge on any atom is -0.457 e. The first kappa shape index (κ1) is 26.1. The smallest absolute Gasteiger partial charge is 0.326 e. The number of carbonyl (C=O) groups is 1. The van der Waals surface area contributed by atoms with Crippen molar-refractivity contribution in [3.05, 3.63) is 81.2 Å². The second-order valence-corrected chi connectivity index (χ2v) is 12.7. The number of rotatable bonds is 9. The van der Waals surface area contributed by atoms with Gasteiger partial charge in [-0.1, -0.05) is 22.6 Å². The lowest BCUT2D eigenvalue weighted by molar-refractivity contribution is -0.128. The standard InChI is InChI=1S/C31H29N7O4S/c1-17-14-37(31(40)32-17)15-21-5-4-20(28-33-27(36-42-28)22-13-26(39)38(16-22)23-8-9-23)12-25(21)41-24-10-6-19(7-11-24)30-35-34-29(43-30)18-2-3-18/h4-7,10-12,14,18,22-23H,2-3,8-9,13,15-16H2,1H3,(H,32,40). The van der Waals surface area contributed by atoms with Gasteiger partial charge in [0.05, 0.1) is 6.54 Å². The molecule has 1 atom stereocenters. The summed E-state index contributed by atoms with van der Waals surface area (Å²) in [4.78, 5) is 34.3. The maximum absolute atomic E-state index is 12.5. The Bertz CT molecular complexity index is 1880. The van der Waals surface area contributed by atoms with Gasteiger partial charge in [-0.3, -0.25) is 9.36 Å². The molecule has 2 saturated carbocycles. The lowest BCUT2D eigenvalue weighted by Crippen LogP contribution is -2.27. The Morgan fingerprint density at radius 3 is 2.58 bits per heavy atom. The van der Waals surface area contributed by atoms with E-state index in [9.17, 15) is 9.59 Å². The number of carbonyl (C=O) groups excluding carboxylic acids is 1. The van der Waals surface area contributed by atoms with Crippen LogP contribution >= 0.6 is 11.3 Å². The van der Waals surface area contributed by atoms with Crippen LogP contribution in [0.15, 0.2) is 58.0 Å². The fourth-order valence-electron chi connectivity index (χ4n) is 5.58. The van der Waals surface area contributed by atoms with E-state index in [2.05, 4.69) is 25.3 Å². The molecular formula is C31H29N7O4S. The number of aromatic amines is 1. The minimum absolute atomic E-state index is 0.0730. The Morgan fingerprint density at radius 1 is 1.02 bits per heavy atom. The zero-order valence-electron chi connectivity index (χ0n) is 23.5. The largest absolute Gasteiger partial charge is 0.457 e. The van der Waals surface area contributed by atoms with Crippen LogP contribution in [-0.4, -0.2) is 53.3 Å². The number of hydrogen-bond donors (Lipinski definition) is 1. The maximum atomic E-state index is 12.5. The lowest BCUT2D eigenvalue weighted by Gasteiger charge is -2.14. The quantitative estimate of drug-likeness (QED) is 0.244. The Hall–Kier alpha value is -4.58. The van der Waals surface area contributed by atoms with E-state index in [1.54, 1.807) is 22.1 Å². The van der Waals surface area contributed by atoms with Crippen LogP contribution in [0, 0.1) is 6.92 Å². The van der Waals surface area contributed by atoms with E-state index >= 15 is 0 Å². The number of aromatic nitrogens is 6. The second kappa shape index (κ2) is 10.3. The lowest BCUT2D eigenvalue weighted by atomic mass is 10.1. The molecule has 5 aromatic rings. The van der Waals surface area contributed by atoms with Crippen LogP contribution in [0.3, 0.4) is 0 Å². The molecule has 3 aliphatic rings. The van der Waals surface area contributed by atoms with Gasteiger partial charge in [0, 0.05) is 59.4 Å². The van der Waals surface area contributed by atoms with E-state index in [1.807, 2.05) is 54.3 Å². The third kappa shape index (κ3) is 5.27. The highest BCUT2D eigenvalue weighted by molar-refractivity contribution is 7.14. The Kier molecular flexibility index (Phi) is 6.25. The first-order chi connectivity index (χ1) is 21.0. The SMILES string of the molecule is Cc1cn(Cc2ccc(-c3nc(C4CC(=O)N(C5CC5)C4)no3)cc2Oc2ccc(-c3nnc(C4CC4)s3)cc2)c(=O)[nH]1. The first-order valence-electron chi connectivity index (χ1n) is 14.6. The molecule has 1 saturated heterocycles. The molecule has 0 spiro atoms. The van der Waals surface area contributed by atoms with E-state index in [0.29, 0.717) is 60.2 Å². The van der Waals surface area contributed by atoms with Gasteiger partial charge in [-0.05, 0) is 69.0 Å². The number of ether oxygens (including phenoxy) is 1. The number of hydrogen-bond acceptors (Lipinski definition) is 9. The van der Waals surface area contributed by atoms with Gasteiger partial charge in [-0.25, -0.2) is 4.79 Å². The maximum Gasteiger partial charge on any atom is 0.326 e. The van der Waals surface area contributed by atoms with E-state index in [-0.39, 0.29) is 17.5 Å². The van der Waals surface area contributed by atoms with E-state index in [0.717, 1.165) is 39.7 Å². The van der Waals surface area contributed by atoms with E-state index in [4.69, 9.17) is 9.26 Å². The number of nitrogens with one attached hydrogen (secondary N) is 1. The molecule has 218 valence electrons. The van der Waals surface area contributed by atoms with Gasteiger partial charge in [0.1, 0.15) is 21.5 Å². The topological polar surface area (TPSA) is 132 Å². The van der Waals surface area contributed by atoms with Gasteiger partial charge in [0.2, 0.25) is 5.91 Å². The summed E-state index contributed by atoms with van der Waals surface area (Å²) >= 11 is 1.65. The summed E-state index contributed by atoms with van der Waals surface area (Å²) in [6, 6.07) is 13.8. The second-order valence-electron chi connectivity index (χ2n) is 11.7. The molecule has 43 heavy (non-hydrogen) atoms. The molecule has 3 fully saturated rings. The predicted octanol–water partition coefficient (Wildman–Crippen LogP) is 5.25. The predicted molar refractivity (Wildman–Crippen MR) is 158 cm³/mol. The van der Waals surface area contributed by atoms with Crippen LogP contribution in [0.2, 0.25) is 0 Å². The molecule has 1 aliphatic heterocycles. The van der Waals surface area contributed by atoms with Crippen molar-refractivity contribution >= 4 is 17.2 Å². The number of likely N-dealkylation sites (tertiary alicyclic amines) is 1. The van der Waals surface area contributed by atoms with Crippen molar-refractivity contribution in [2.75, 3.05) is 6.54 Å². The molecule has 1 amide bonds. The number of H-pyrrole nitrogens is 1. The van der Waals surface area contributed by atoms with Crippen LogP contribution < -0.4 is 10.4 Å². The van der Waals surface area contributed by atoms with Crippen LogP contribution in [0.25, 0.3) is 22.0 Å².